The molecule has 1 aromatic carbocycles. The third-order valence-electron chi connectivity index (χ3n) is 4.67. The van der Waals surface area contributed by atoms with Gasteiger partial charge in [-0.15, -0.1) is 0 Å². The van der Waals surface area contributed by atoms with Crippen LogP contribution in [0, 0.1) is 0 Å². The second-order valence-corrected chi connectivity index (χ2v) is 7.29. The molecule has 2 aliphatic rings. The van der Waals surface area contributed by atoms with Gasteiger partial charge in [-0.3, -0.25) is 9.59 Å². The molecule has 6 heteroatoms. The lowest BCUT2D eigenvalue weighted by atomic mass is 10.0. The minimum atomic E-state index is -0.345. The van der Waals surface area contributed by atoms with E-state index in [1.165, 1.54) is 6.92 Å². The van der Waals surface area contributed by atoms with Gasteiger partial charge < -0.3 is 19.7 Å². The van der Waals surface area contributed by atoms with Gasteiger partial charge in [-0.05, 0) is 32.8 Å². The summed E-state index contributed by atoms with van der Waals surface area (Å²) >= 11 is 0. The van der Waals surface area contributed by atoms with Crippen LogP contribution in [0.3, 0.4) is 0 Å². The Hall–Kier alpha value is -2.24. The predicted molar refractivity (Wildman–Crippen MR) is 93.8 cm³/mol. The number of carbonyl (C=O) groups excluding carboxylic acids is 2. The van der Waals surface area contributed by atoms with Crippen molar-refractivity contribution >= 4 is 11.8 Å². The Morgan fingerprint density at radius 3 is 2.96 bits per heavy atom. The van der Waals surface area contributed by atoms with Crippen LogP contribution in [0.1, 0.15) is 39.2 Å². The van der Waals surface area contributed by atoms with Crippen molar-refractivity contribution in [1.29, 1.82) is 0 Å². The van der Waals surface area contributed by atoms with Crippen molar-refractivity contribution in [2.45, 2.75) is 51.7 Å². The smallest absolute Gasteiger partial charge is 0.242 e. The lowest BCUT2D eigenvalue weighted by molar-refractivity contribution is -0.136. The fourth-order valence-electron chi connectivity index (χ4n) is 3.57. The number of nitrogens with one attached hydrogen (secondary N) is 1. The van der Waals surface area contributed by atoms with Crippen LogP contribution >= 0.6 is 0 Å². The summed E-state index contributed by atoms with van der Waals surface area (Å²) in [5.41, 5.74) is 0.934. The molecule has 2 aliphatic heterocycles. The molecule has 6 nitrogen and oxygen atoms in total. The summed E-state index contributed by atoms with van der Waals surface area (Å²) in [6, 6.07) is 5.55. The van der Waals surface area contributed by atoms with Gasteiger partial charge in [-0.1, -0.05) is 12.1 Å². The minimum absolute atomic E-state index is 0.0477. The van der Waals surface area contributed by atoms with Crippen molar-refractivity contribution in [1.82, 2.24) is 10.2 Å². The Balaban J connectivity index is 1.49. The average molecular weight is 346 g/mol. The Kier molecular flexibility index (Phi) is 4.88. The van der Waals surface area contributed by atoms with Crippen LogP contribution in [0.15, 0.2) is 18.2 Å². The number of para-hydroxylation sites is 1. The fourth-order valence-corrected chi connectivity index (χ4v) is 3.57. The van der Waals surface area contributed by atoms with Crippen LogP contribution in [-0.4, -0.2) is 48.1 Å². The molecule has 1 atom stereocenters. The zero-order chi connectivity index (χ0) is 18.0. The maximum Gasteiger partial charge on any atom is 0.242 e. The van der Waals surface area contributed by atoms with Gasteiger partial charge in [-0.2, -0.15) is 0 Å². The molecule has 0 spiro atoms. The maximum atomic E-state index is 12.3. The summed E-state index contributed by atoms with van der Waals surface area (Å²) in [6.45, 7) is 7.03. The molecule has 0 radical (unpaired) electrons. The van der Waals surface area contributed by atoms with Crippen LogP contribution in [0.4, 0.5) is 0 Å². The number of nitrogens with zero attached hydrogens (tertiary/aromatic N) is 1. The van der Waals surface area contributed by atoms with Crippen molar-refractivity contribution in [3.63, 3.8) is 0 Å². The largest absolute Gasteiger partial charge is 0.488 e. The normalized spacial score (nSPS) is 20.8. The van der Waals surface area contributed by atoms with E-state index in [-0.39, 0.29) is 23.5 Å². The van der Waals surface area contributed by atoms with E-state index in [4.69, 9.17) is 9.47 Å². The molecule has 136 valence electrons. The second kappa shape index (κ2) is 6.94. The number of amides is 2. The second-order valence-electron chi connectivity index (χ2n) is 7.29. The van der Waals surface area contributed by atoms with E-state index in [1.54, 1.807) is 4.90 Å². The first-order valence-electron chi connectivity index (χ1n) is 8.86. The highest BCUT2D eigenvalue weighted by Crippen LogP contribution is 2.41. The van der Waals surface area contributed by atoms with Gasteiger partial charge in [-0.25, -0.2) is 0 Å². The predicted octanol–water partition coefficient (Wildman–Crippen LogP) is 1.91. The van der Waals surface area contributed by atoms with Crippen molar-refractivity contribution in [3.05, 3.63) is 23.8 Å². The third kappa shape index (κ3) is 3.89. The average Bonchev–Trinajstić information content (AvgIpc) is 3.14. The first-order chi connectivity index (χ1) is 11.9. The van der Waals surface area contributed by atoms with Gasteiger partial charge in [0, 0.05) is 25.5 Å². The van der Waals surface area contributed by atoms with E-state index in [0.717, 1.165) is 30.6 Å². The monoisotopic (exact) mass is 346 g/mol. The molecule has 0 bridgehead atoms. The van der Waals surface area contributed by atoms with Crippen LogP contribution in [-0.2, 0) is 16.0 Å². The van der Waals surface area contributed by atoms with Crippen LogP contribution in [0.25, 0.3) is 0 Å². The fraction of sp³-hybridized carbons (Fsp3) is 0.579. The Bertz CT molecular complexity index is 671. The molecule has 1 saturated heterocycles. The van der Waals surface area contributed by atoms with E-state index >= 15 is 0 Å². The number of hydrogen-bond acceptors (Lipinski definition) is 4. The van der Waals surface area contributed by atoms with Crippen LogP contribution in [0.5, 0.6) is 11.5 Å². The zero-order valence-corrected chi connectivity index (χ0v) is 15.1. The number of rotatable bonds is 5. The van der Waals surface area contributed by atoms with E-state index in [0.29, 0.717) is 25.4 Å². The molecule has 2 amide bonds. The highest BCUT2D eigenvalue weighted by atomic mass is 16.5. The van der Waals surface area contributed by atoms with E-state index in [1.807, 2.05) is 12.1 Å². The molecule has 0 aromatic heterocycles. The van der Waals surface area contributed by atoms with Crippen molar-refractivity contribution in [2.75, 3.05) is 19.7 Å². The Morgan fingerprint density at radius 1 is 1.40 bits per heavy atom. The van der Waals surface area contributed by atoms with Gasteiger partial charge in [0.1, 0.15) is 18.2 Å². The number of benzene rings is 1. The van der Waals surface area contributed by atoms with E-state index < -0.39 is 0 Å². The van der Waals surface area contributed by atoms with Gasteiger partial charge in [0.25, 0.3) is 0 Å². The standard InChI is InChI=1S/C19H26N2O4/c1-13(22)21-10-5-7-15(21)18(23)20-9-11-24-16-8-4-6-14-12-19(2,3)25-17(14)16/h4,6,8,15H,5,7,9-12H2,1-3H3,(H,20,23)/t15-/m0/s1. The van der Waals surface area contributed by atoms with Crippen molar-refractivity contribution in [2.24, 2.45) is 0 Å². The number of carbonyl (C=O) groups is 2. The quantitative estimate of drug-likeness (QED) is 0.827. The third-order valence-corrected chi connectivity index (χ3v) is 4.67. The summed E-state index contributed by atoms with van der Waals surface area (Å²) in [6.07, 6.45) is 2.46. The number of fused-ring (bicyclic) bond motifs is 1. The molecule has 2 heterocycles. The van der Waals surface area contributed by atoms with Gasteiger partial charge >= 0.3 is 0 Å². The molecule has 1 fully saturated rings. The SMILES string of the molecule is CC(=O)N1CCC[C@H]1C(=O)NCCOc1cccc2c1OC(C)(C)C2. The van der Waals surface area contributed by atoms with Crippen molar-refractivity contribution < 1.29 is 19.1 Å². The lowest BCUT2D eigenvalue weighted by Crippen LogP contribution is -2.46. The topological polar surface area (TPSA) is 67.9 Å². The van der Waals surface area contributed by atoms with E-state index in [9.17, 15) is 9.59 Å². The molecule has 3 rings (SSSR count). The highest BCUT2D eigenvalue weighted by Gasteiger charge is 2.33. The Labute approximate surface area is 148 Å². The summed E-state index contributed by atoms with van der Waals surface area (Å²) in [5.74, 6) is 1.36. The number of likely N-dealkylation sites (tertiary alicyclic amines) is 1. The highest BCUT2D eigenvalue weighted by molar-refractivity contribution is 5.87. The summed E-state index contributed by atoms with van der Waals surface area (Å²) < 4.78 is 11.8. The summed E-state index contributed by atoms with van der Waals surface area (Å²) in [7, 11) is 0. The number of hydrogen-bond donors (Lipinski definition) is 1. The first kappa shape index (κ1) is 17.6. The van der Waals surface area contributed by atoms with E-state index in [2.05, 4.69) is 25.2 Å². The molecule has 0 unspecified atom stereocenters. The molecular weight excluding hydrogens is 320 g/mol. The van der Waals surface area contributed by atoms with Crippen molar-refractivity contribution in [3.8, 4) is 11.5 Å². The van der Waals surface area contributed by atoms with Gasteiger partial charge in [0.05, 0.1) is 6.54 Å². The molecule has 1 N–H and O–H groups in total. The summed E-state index contributed by atoms with van der Waals surface area (Å²) in [4.78, 5) is 25.4. The molecule has 25 heavy (non-hydrogen) atoms. The minimum Gasteiger partial charge on any atom is -0.488 e. The summed E-state index contributed by atoms with van der Waals surface area (Å²) in [5, 5.41) is 2.87. The molecule has 1 aromatic rings. The van der Waals surface area contributed by atoms with Crippen LogP contribution < -0.4 is 14.8 Å². The maximum absolute atomic E-state index is 12.3. The van der Waals surface area contributed by atoms with Crippen LogP contribution in [0.2, 0.25) is 0 Å². The van der Waals surface area contributed by atoms with Gasteiger partial charge in [0.15, 0.2) is 11.5 Å². The first-order valence-corrected chi connectivity index (χ1v) is 8.86. The molecular formula is C19H26N2O4. The number of ether oxygens (including phenoxy) is 2. The molecule has 0 aliphatic carbocycles. The van der Waals surface area contributed by atoms with Gasteiger partial charge in [0.2, 0.25) is 11.8 Å². The lowest BCUT2D eigenvalue weighted by Gasteiger charge is -2.22. The molecule has 0 saturated carbocycles. The Morgan fingerprint density at radius 2 is 2.20 bits per heavy atom. The zero-order valence-electron chi connectivity index (χ0n) is 15.1.